The third-order valence-electron chi connectivity index (χ3n) is 4.09. The fraction of sp³-hybridized carbons (Fsp3) is 0.571. The predicted octanol–water partition coefficient (Wildman–Crippen LogP) is 2.86. The van der Waals surface area contributed by atoms with E-state index in [1.807, 2.05) is 6.07 Å². The molecule has 0 aromatic heterocycles. The van der Waals surface area contributed by atoms with Gasteiger partial charge in [0.15, 0.2) is 11.6 Å². The molecule has 3 nitrogen and oxygen atoms in total. The molecule has 1 fully saturated rings. The molecule has 2 aliphatic heterocycles. The molecule has 0 radical (unpaired) electrons. The molecular weight excluding hydrogens is 231 g/mol. The number of methoxy groups -OCH3 is 1. The first kappa shape index (κ1) is 11.6. The molecule has 0 saturated carbocycles. The van der Waals surface area contributed by atoms with Crippen LogP contribution >= 0.6 is 0 Å². The fourth-order valence-corrected chi connectivity index (χ4v) is 3.07. The summed E-state index contributed by atoms with van der Waals surface area (Å²) < 4.78 is 18.8. The van der Waals surface area contributed by atoms with E-state index in [0.29, 0.717) is 11.8 Å². The van der Waals surface area contributed by atoms with Crippen molar-refractivity contribution in [3.8, 4) is 5.75 Å². The molecule has 1 aromatic rings. The number of halogens is 1. The average molecular weight is 250 g/mol. The molecule has 2 heterocycles. The SMILES string of the molecule is COc1cc2c(cc1F)NCC1CC(C)CCN21. The van der Waals surface area contributed by atoms with E-state index in [0.717, 1.165) is 30.4 Å². The van der Waals surface area contributed by atoms with E-state index in [4.69, 9.17) is 4.74 Å². The second kappa shape index (κ2) is 4.34. The molecule has 2 unspecified atom stereocenters. The largest absolute Gasteiger partial charge is 0.494 e. The first-order valence-electron chi connectivity index (χ1n) is 6.57. The minimum atomic E-state index is -0.299. The van der Waals surface area contributed by atoms with Crippen molar-refractivity contribution in [2.45, 2.75) is 25.8 Å². The maximum atomic E-state index is 13.7. The molecule has 1 aromatic carbocycles. The molecule has 2 atom stereocenters. The van der Waals surface area contributed by atoms with Crippen molar-refractivity contribution in [1.29, 1.82) is 0 Å². The topological polar surface area (TPSA) is 24.5 Å². The van der Waals surface area contributed by atoms with Crippen LogP contribution in [-0.2, 0) is 0 Å². The minimum Gasteiger partial charge on any atom is -0.494 e. The van der Waals surface area contributed by atoms with Crippen LogP contribution in [0.3, 0.4) is 0 Å². The highest BCUT2D eigenvalue weighted by Gasteiger charge is 2.31. The number of benzene rings is 1. The molecule has 0 bridgehead atoms. The van der Waals surface area contributed by atoms with Gasteiger partial charge in [0.25, 0.3) is 0 Å². The molecule has 0 spiro atoms. The number of nitrogens with one attached hydrogen (secondary N) is 1. The molecule has 0 aliphatic carbocycles. The maximum absolute atomic E-state index is 13.7. The zero-order valence-corrected chi connectivity index (χ0v) is 10.9. The highest BCUT2D eigenvalue weighted by Crippen LogP contribution is 2.39. The molecule has 4 heteroatoms. The van der Waals surface area contributed by atoms with E-state index in [-0.39, 0.29) is 5.82 Å². The standard InChI is InChI=1S/C14H19FN2O/c1-9-3-4-17-10(5-9)8-16-12-6-11(15)14(18-2)7-13(12)17/h6-7,9-10,16H,3-5,8H2,1-2H3. The Morgan fingerprint density at radius 1 is 1.44 bits per heavy atom. The molecule has 2 aliphatic rings. The van der Waals surface area contributed by atoms with Crippen molar-refractivity contribution in [1.82, 2.24) is 0 Å². The fourth-order valence-electron chi connectivity index (χ4n) is 3.07. The Labute approximate surface area is 107 Å². The van der Waals surface area contributed by atoms with Crippen molar-refractivity contribution >= 4 is 11.4 Å². The molecule has 1 saturated heterocycles. The van der Waals surface area contributed by atoms with Gasteiger partial charge < -0.3 is 15.0 Å². The zero-order valence-electron chi connectivity index (χ0n) is 10.9. The lowest BCUT2D eigenvalue weighted by Gasteiger charge is -2.44. The van der Waals surface area contributed by atoms with Crippen LogP contribution in [0.2, 0.25) is 0 Å². The van der Waals surface area contributed by atoms with Gasteiger partial charge in [-0.2, -0.15) is 0 Å². The van der Waals surface area contributed by atoms with Crippen LogP contribution < -0.4 is 15.0 Å². The summed E-state index contributed by atoms with van der Waals surface area (Å²) in [5, 5.41) is 3.34. The molecule has 1 N–H and O–H groups in total. The van der Waals surface area contributed by atoms with Gasteiger partial charge in [-0.25, -0.2) is 4.39 Å². The van der Waals surface area contributed by atoms with Gasteiger partial charge in [0.05, 0.1) is 18.5 Å². The molecule has 0 amide bonds. The Bertz CT molecular complexity index is 463. The van der Waals surface area contributed by atoms with Gasteiger partial charge in [-0.15, -0.1) is 0 Å². The normalized spacial score (nSPS) is 26.1. The maximum Gasteiger partial charge on any atom is 0.167 e. The molecular formula is C14H19FN2O. The number of rotatable bonds is 1. The van der Waals surface area contributed by atoms with E-state index in [2.05, 4.69) is 17.1 Å². The van der Waals surface area contributed by atoms with Crippen molar-refractivity contribution in [2.75, 3.05) is 30.4 Å². The second-order valence-corrected chi connectivity index (χ2v) is 5.36. The number of hydrogen-bond acceptors (Lipinski definition) is 3. The third-order valence-corrected chi connectivity index (χ3v) is 4.09. The molecule has 3 rings (SSSR count). The highest BCUT2D eigenvalue weighted by atomic mass is 19.1. The van der Waals surface area contributed by atoms with Crippen LogP contribution in [0.15, 0.2) is 12.1 Å². The number of anilines is 2. The van der Waals surface area contributed by atoms with E-state index in [9.17, 15) is 4.39 Å². The van der Waals surface area contributed by atoms with Crippen molar-refractivity contribution in [2.24, 2.45) is 5.92 Å². The Kier molecular flexibility index (Phi) is 2.80. The lowest BCUT2D eigenvalue weighted by molar-refractivity contribution is 0.363. The average Bonchev–Trinajstić information content (AvgIpc) is 2.37. The monoisotopic (exact) mass is 250 g/mol. The predicted molar refractivity (Wildman–Crippen MR) is 71.0 cm³/mol. The molecule has 18 heavy (non-hydrogen) atoms. The lowest BCUT2D eigenvalue weighted by Crippen LogP contribution is -2.48. The van der Waals surface area contributed by atoms with Crippen LogP contribution in [0.5, 0.6) is 5.75 Å². The van der Waals surface area contributed by atoms with Gasteiger partial charge in [0.2, 0.25) is 0 Å². The van der Waals surface area contributed by atoms with Crippen LogP contribution in [0.1, 0.15) is 19.8 Å². The summed E-state index contributed by atoms with van der Waals surface area (Å²) >= 11 is 0. The van der Waals surface area contributed by atoms with Crippen LogP contribution in [-0.4, -0.2) is 26.2 Å². The Morgan fingerprint density at radius 2 is 2.28 bits per heavy atom. The second-order valence-electron chi connectivity index (χ2n) is 5.36. The van der Waals surface area contributed by atoms with Gasteiger partial charge in [-0.05, 0) is 18.8 Å². The number of piperidine rings is 1. The molecule has 98 valence electrons. The number of hydrogen-bond donors (Lipinski definition) is 1. The number of nitrogens with zero attached hydrogens (tertiary/aromatic N) is 1. The van der Waals surface area contributed by atoms with Crippen molar-refractivity contribution < 1.29 is 9.13 Å². The van der Waals surface area contributed by atoms with Crippen LogP contribution in [0.4, 0.5) is 15.8 Å². The van der Waals surface area contributed by atoms with Crippen molar-refractivity contribution in [3.05, 3.63) is 17.9 Å². The Morgan fingerprint density at radius 3 is 3.06 bits per heavy atom. The quantitative estimate of drug-likeness (QED) is 0.829. The summed E-state index contributed by atoms with van der Waals surface area (Å²) in [4.78, 5) is 2.40. The first-order chi connectivity index (χ1) is 8.69. The summed E-state index contributed by atoms with van der Waals surface area (Å²) in [5.41, 5.74) is 1.97. The summed E-state index contributed by atoms with van der Waals surface area (Å²) in [6.07, 6.45) is 2.40. The van der Waals surface area contributed by atoms with Gasteiger partial charge in [0.1, 0.15) is 0 Å². The summed E-state index contributed by atoms with van der Waals surface area (Å²) in [6, 6.07) is 3.89. The minimum absolute atomic E-state index is 0.299. The summed E-state index contributed by atoms with van der Waals surface area (Å²) in [5.74, 6) is 0.805. The van der Waals surface area contributed by atoms with Gasteiger partial charge in [-0.3, -0.25) is 0 Å². The summed E-state index contributed by atoms with van der Waals surface area (Å²) in [6.45, 7) is 4.26. The van der Waals surface area contributed by atoms with E-state index in [1.54, 1.807) is 6.07 Å². The van der Waals surface area contributed by atoms with Crippen LogP contribution in [0, 0.1) is 11.7 Å². The Hall–Kier alpha value is -1.45. The zero-order chi connectivity index (χ0) is 12.7. The third kappa shape index (κ3) is 1.80. The highest BCUT2D eigenvalue weighted by molar-refractivity contribution is 5.75. The first-order valence-corrected chi connectivity index (χ1v) is 6.57. The van der Waals surface area contributed by atoms with E-state index in [1.165, 1.54) is 20.0 Å². The van der Waals surface area contributed by atoms with Crippen molar-refractivity contribution in [3.63, 3.8) is 0 Å². The van der Waals surface area contributed by atoms with E-state index >= 15 is 0 Å². The smallest absolute Gasteiger partial charge is 0.167 e. The number of fused-ring (bicyclic) bond motifs is 3. The summed E-state index contributed by atoms with van der Waals surface area (Å²) in [7, 11) is 1.51. The van der Waals surface area contributed by atoms with Gasteiger partial charge in [0, 0.05) is 31.3 Å². The van der Waals surface area contributed by atoms with Gasteiger partial charge in [-0.1, -0.05) is 6.92 Å². The van der Waals surface area contributed by atoms with Crippen LogP contribution in [0.25, 0.3) is 0 Å². The number of ether oxygens (including phenoxy) is 1. The van der Waals surface area contributed by atoms with E-state index < -0.39 is 0 Å². The Balaban J connectivity index is 1.98. The lowest BCUT2D eigenvalue weighted by atomic mass is 9.90. The van der Waals surface area contributed by atoms with Gasteiger partial charge >= 0.3 is 0 Å².